The monoisotopic (exact) mass is 273 g/mol. The van der Waals surface area contributed by atoms with Crippen LogP contribution in [0.15, 0.2) is 48.8 Å². The van der Waals surface area contributed by atoms with Gasteiger partial charge in [0.25, 0.3) is 0 Å². The number of nitrogens with zero attached hydrogens (tertiary/aromatic N) is 2. The molecule has 0 aliphatic rings. The molecule has 2 rings (SSSR count). The lowest BCUT2D eigenvalue weighted by molar-refractivity contribution is 0.186. The molecule has 0 fully saturated rings. The second-order valence-corrected chi connectivity index (χ2v) is 4.90. The van der Waals surface area contributed by atoms with Crippen LogP contribution < -0.4 is 5.73 Å². The number of hydrogen-bond acceptors (Lipinski definition) is 3. The van der Waals surface area contributed by atoms with Gasteiger partial charge in [0.05, 0.1) is 0 Å². The van der Waals surface area contributed by atoms with Gasteiger partial charge in [0.1, 0.15) is 5.82 Å². The molecule has 1 aromatic heterocycles. The molecule has 0 aliphatic heterocycles. The second kappa shape index (κ2) is 6.59. The van der Waals surface area contributed by atoms with Crippen LogP contribution in [0.5, 0.6) is 0 Å². The van der Waals surface area contributed by atoms with Gasteiger partial charge in [-0.2, -0.15) is 0 Å². The standard InChI is InChI=1S/C16H20FN3/c1-12(14-7-3-4-8-15(14)17)20(2)16(10-18)13-6-5-9-19-11-13/h3-9,11-12,16H,10,18H2,1-2H3. The minimum atomic E-state index is -0.186. The maximum Gasteiger partial charge on any atom is 0.127 e. The SMILES string of the molecule is CC(c1ccccc1F)N(C)C(CN)c1cccnc1. The van der Waals surface area contributed by atoms with Crippen molar-refractivity contribution >= 4 is 0 Å². The highest BCUT2D eigenvalue weighted by molar-refractivity contribution is 5.22. The number of nitrogens with two attached hydrogens (primary N) is 1. The summed E-state index contributed by atoms with van der Waals surface area (Å²) in [5.74, 6) is -0.186. The highest BCUT2D eigenvalue weighted by Crippen LogP contribution is 2.29. The van der Waals surface area contributed by atoms with Gasteiger partial charge in [-0.3, -0.25) is 9.88 Å². The van der Waals surface area contributed by atoms with Crippen LogP contribution in [0.4, 0.5) is 4.39 Å². The summed E-state index contributed by atoms with van der Waals surface area (Å²) in [4.78, 5) is 6.21. The first-order chi connectivity index (χ1) is 9.65. The lowest BCUT2D eigenvalue weighted by Gasteiger charge is -2.33. The van der Waals surface area contributed by atoms with Gasteiger partial charge in [-0.05, 0) is 31.7 Å². The molecule has 0 bridgehead atoms. The first-order valence-electron chi connectivity index (χ1n) is 6.71. The molecule has 2 atom stereocenters. The van der Waals surface area contributed by atoms with Gasteiger partial charge in [0.15, 0.2) is 0 Å². The highest BCUT2D eigenvalue weighted by Gasteiger charge is 2.23. The van der Waals surface area contributed by atoms with E-state index in [1.165, 1.54) is 6.07 Å². The number of benzene rings is 1. The summed E-state index contributed by atoms with van der Waals surface area (Å²) in [5, 5.41) is 0. The van der Waals surface area contributed by atoms with E-state index in [0.717, 1.165) is 5.56 Å². The third-order valence-corrected chi connectivity index (χ3v) is 3.75. The van der Waals surface area contributed by atoms with Crippen molar-refractivity contribution in [2.75, 3.05) is 13.6 Å². The molecule has 1 heterocycles. The molecule has 0 radical (unpaired) electrons. The Morgan fingerprint density at radius 1 is 1.25 bits per heavy atom. The Morgan fingerprint density at radius 3 is 2.60 bits per heavy atom. The average molecular weight is 273 g/mol. The molecule has 0 aliphatic carbocycles. The predicted octanol–water partition coefficient (Wildman–Crippen LogP) is 2.91. The molecule has 106 valence electrons. The fourth-order valence-electron chi connectivity index (χ4n) is 2.41. The topological polar surface area (TPSA) is 42.1 Å². The van der Waals surface area contributed by atoms with Gasteiger partial charge in [-0.25, -0.2) is 4.39 Å². The molecule has 2 N–H and O–H groups in total. The lowest BCUT2D eigenvalue weighted by Crippen LogP contribution is -2.33. The molecule has 0 spiro atoms. The zero-order valence-electron chi connectivity index (χ0n) is 11.8. The normalized spacial score (nSPS) is 14.2. The summed E-state index contributed by atoms with van der Waals surface area (Å²) in [6.07, 6.45) is 3.54. The fraction of sp³-hybridized carbons (Fsp3) is 0.312. The zero-order chi connectivity index (χ0) is 14.5. The van der Waals surface area contributed by atoms with E-state index >= 15 is 0 Å². The number of aromatic nitrogens is 1. The van der Waals surface area contributed by atoms with Crippen LogP contribution >= 0.6 is 0 Å². The van der Waals surface area contributed by atoms with E-state index in [9.17, 15) is 4.39 Å². The van der Waals surface area contributed by atoms with Crippen LogP contribution in [-0.2, 0) is 0 Å². The molecular weight excluding hydrogens is 253 g/mol. The van der Waals surface area contributed by atoms with E-state index in [4.69, 9.17) is 5.73 Å². The van der Waals surface area contributed by atoms with E-state index in [1.807, 2.05) is 44.4 Å². The van der Waals surface area contributed by atoms with E-state index < -0.39 is 0 Å². The lowest BCUT2D eigenvalue weighted by atomic mass is 10.0. The summed E-state index contributed by atoms with van der Waals surface area (Å²) in [6, 6.07) is 10.7. The number of hydrogen-bond donors (Lipinski definition) is 1. The van der Waals surface area contributed by atoms with E-state index in [2.05, 4.69) is 9.88 Å². The Hall–Kier alpha value is -1.78. The summed E-state index contributed by atoms with van der Waals surface area (Å²) in [6.45, 7) is 2.44. The Labute approximate surface area is 119 Å². The molecule has 2 aromatic rings. The molecular formula is C16H20FN3. The van der Waals surface area contributed by atoms with Gasteiger partial charge in [-0.1, -0.05) is 24.3 Å². The smallest absolute Gasteiger partial charge is 0.127 e. The second-order valence-electron chi connectivity index (χ2n) is 4.90. The molecule has 2 unspecified atom stereocenters. The van der Waals surface area contributed by atoms with Crippen LogP contribution in [-0.4, -0.2) is 23.5 Å². The van der Waals surface area contributed by atoms with E-state index in [0.29, 0.717) is 12.1 Å². The summed E-state index contributed by atoms with van der Waals surface area (Å²) in [7, 11) is 1.96. The highest BCUT2D eigenvalue weighted by atomic mass is 19.1. The quantitative estimate of drug-likeness (QED) is 0.910. The van der Waals surface area contributed by atoms with Crippen molar-refractivity contribution in [3.8, 4) is 0 Å². The Kier molecular flexibility index (Phi) is 4.82. The maximum absolute atomic E-state index is 13.9. The van der Waals surface area contributed by atoms with Crippen LogP contribution in [0, 0.1) is 5.82 Å². The van der Waals surface area contributed by atoms with Crippen LogP contribution in [0.25, 0.3) is 0 Å². The third kappa shape index (κ3) is 3.03. The van der Waals surface area contributed by atoms with Gasteiger partial charge in [-0.15, -0.1) is 0 Å². The predicted molar refractivity (Wildman–Crippen MR) is 78.6 cm³/mol. The average Bonchev–Trinajstić information content (AvgIpc) is 2.49. The zero-order valence-corrected chi connectivity index (χ0v) is 11.8. The molecule has 0 amide bonds. The number of rotatable bonds is 5. The van der Waals surface area contributed by atoms with Crippen molar-refractivity contribution in [2.24, 2.45) is 5.73 Å². The van der Waals surface area contributed by atoms with Crippen molar-refractivity contribution in [2.45, 2.75) is 19.0 Å². The van der Waals surface area contributed by atoms with Crippen molar-refractivity contribution in [1.29, 1.82) is 0 Å². The van der Waals surface area contributed by atoms with E-state index in [-0.39, 0.29) is 17.9 Å². The molecule has 4 heteroatoms. The summed E-state index contributed by atoms with van der Waals surface area (Å²) < 4.78 is 13.9. The summed E-state index contributed by atoms with van der Waals surface area (Å²) >= 11 is 0. The molecule has 3 nitrogen and oxygen atoms in total. The van der Waals surface area contributed by atoms with Gasteiger partial charge in [0, 0.05) is 36.6 Å². The van der Waals surface area contributed by atoms with Crippen molar-refractivity contribution in [1.82, 2.24) is 9.88 Å². The molecule has 1 aromatic carbocycles. The first kappa shape index (κ1) is 14.6. The minimum Gasteiger partial charge on any atom is -0.329 e. The fourth-order valence-corrected chi connectivity index (χ4v) is 2.41. The number of halogens is 1. The Bertz CT molecular complexity index is 544. The van der Waals surface area contributed by atoms with Crippen molar-refractivity contribution < 1.29 is 4.39 Å². The first-order valence-corrected chi connectivity index (χ1v) is 6.71. The molecule has 0 saturated carbocycles. The van der Waals surface area contributed by atoms with Crippen molar-refractivity contribution in [3.63, 3.8) is 0 Å². The molecule has 0 saturated heterocycles. The van der Waals surface area contributed by atoms with Gasteiger partial charge in [0.2, 0.25) is 0 Å². The minimum absolute atomic E-state index is 0.0123. The van der Waals surface area contributed by atoms with Gasteiger partial charge >= 0.3 is 0 Å². The van der Waals surface area contributed by atoms with Crippen LogP contribution in [0.3, 0.4) is 0 Å². The van der Waals surface area contributed by atoms with Crippen LogP contribution in [0.1, 0.15) is 30.1 Å². The summed E-state index contributed by atoms with van der Waals surface area (Å²) in [5.41, 5.74) is 7.62. The molecule has 20 heavy (non-hydrogen) atoms. The van der Waals surface area contributed by atoms with Crippen LogP contribution in [0.2, 0.25) is 0 Å². The third-order valence-electron chi connectivity index (χ3n) is 3.75. The Balaban J connectivity index is 2.25. The maximum atomic E-state index is 13.9. The largest absolute Gasteiger partial charge is 0.329 e. The van der Waals surface area contributed by atoms with E-state index in [1.54, 1.807) is 12.3 Å². The number of pyridine rings is 1. The van der Waals surface area contributed by atoms with Crippen molar-refractivity contribution in [3.05, 3.63) is 65.7 Å². The number of likely N-dealkylation sites (N-methyl/N-ethyl adjacent to an activating group) is 1. The Morgan fingerprint density at radius 2 is 2.00 bits per heavy atom. The van der Waals surface area contributed by atoms with Gasteiger partial charge < -0.3 is 5.73 Å².